The Labute approximate surface area is 191 Å². The van der Waals surface area contributed by atoms with E-state index >= 15 is 0 Å². The molecule has 172 valence electrons. The normalized spacial score (nSPS) is 12.9. The molecule has 1 aliphatic rings. The number of carbonyl (C=O) groups excluding carboxylic acids is 2. The van der Waals surface area contributed by atoms with Crippen LogP contribution in [-0.4, -0.2) is 23.3 Å². The Kier molecular flexibility index (Phi) is 5.79. The molecule has 0 spiro atoms. The fourth-order valence-electron chi connectivity index (χ4n) is 3.80. The largest absolute Gasteiger partial charge is 0.416 e. The third-order valence-electron chi connectivity index (χ3n) is 5.31. The maximum atomic E-state index is 14.0. The molecule has 0 radical (unpaired) electrons. The van der Waals surface area contributed by atoms with Crippen molar-refractivity contribution in [2.75, 3.05) is 16.8 Å². The first-order valence-corrected chi connectivity index (χ1v) is 10.0. The van der Waals surface area contributed by atoms with Gasteiger partial charge in [-0.2, -0.15) is 18.4 Å². The number of hydrogen-bond acceptors (Lipinski definition) is 4. The summed E-state index contributed by atoms with van der Waals surface area (Å²) in [6.07, 6.45) is -4.66. The Morgan fingerprint density at radius 3 is 2.53 bits per heavy atom. The highest BCUT2D eigenvalue weighted by Gasteiger charge is 2.31. The Balaban J connectivity index is 1.70. The summed E-state index contributed by atoms with van der Waals surface area (Å²) in [5, 5.41) is 12.1. The molecule has 1 aromatic heterocycles. The highest BCUT2D eigenvalue weighted by Crippen LogP contribution is 2.39. The maximum absolute atomic E-state index is 14.0. The van der Waals surface area contributed by atoms with Crippen LogP contribution in [0.1, 0.15) is 22.5 Å². The van der Waals surface area contributed by atoms with Crippen molar-refractivity contribution in [2.45, 2.75) is 19.5 Å². The van der Waals surface area contributed by atoms with Crippen molar-refractivity contribution in [3.05, 3.63) is 76.9 Å². The van der Waals surface area contributed by atoms with E-state index < -0.39 is 35.9 Å². The Hall–Kier alpha value is -4.26. The van der Waals surface area contributed by atoms with E-state index in [-0.39, 0.29) is 29.1 Å². The lowest BCUT2D eigenvalue weighted by atomic mass is 9.96. The van der Waals surface area contributed by atoms with Gasteiger partial charge in [-0.05, 0) is 60.5 Å². The summed E-state index contributed by atoms with van der Waals surface area (Å²) in [4.78, 5) is 31.2. The standard InChI is InChI=1S/C24H16F4N4O2/c1-13-8-20-23(19(11-29)30-13)18-10-16(25)5-2-14(18)9-22(34)32(20)12-21(33)31-17-6-3-15(4-7-17)24(26,27)28/h2-8,10H,9,12H2,1H3,(H,31,33). The Bertz CT molecular complexity index is 1340. The minimum absolute atomic E-state index is 0.0234. The molecule has 0 bridgehead atoms. The number of carbonyl (C=O) groups is 2. The van der Waals surface area contributed by atoms with Gasteiger partial charge < -0.3 is 10.2 Å². The van der Waals surface area contributed by atoms with Crippen LogP contribution < -0.4 is 10.2 Å². The number of nitriles is 1. The molecule has 6 nitrogen and oxygen atoms in total. The van der Waals surface area contributed by atoms with Crippen molar-refractivity contribution >= 4 is 23.2 Å². The number of halogens is 4. The third kappa shape index (κ3) is 4.45. The lowest BCUT2D eigenvalue weighted by Crippen LogP contribution is -2.38. The lowest BCUT2D eigenvalue weighted by molar-refractivity contribution is -0.137. The summed E-state index contributed by atoms with van der Waals surface area (Å²) in [5.41, 5.74) is 0.907. The number of rotatable bonds is 3. The van der Waals surface area contributed by atoms with Crippen molar-refractivity contribution in [3.8, 4) is 17.2 Å². The SMILES string of the molecule is Cc1cc2c(c(C#N)n1)-c1cc(F)ccc1CC(=O)N2CC(=O)Nc1ccc(C(F)(F)F)cc1. The van der Waals surface area contributed by atoms with Crippen LogP contribution in [0.25, 0.3) is 11.1 Å². The van der Waals surface area contributed by atoms with Gasteiger partial charge in [-0.3, -0.25) is 9.59 Å². The Morgan fingerprint density at radius 1 is 1.18 bits per heavy atom. The number of anilines is 2. The second-order valence-corrected chi connectivity index (χ2v) is 7.70. The molecule has 3 aromatic rings. The molecule has 10 heteroatoms. The highest BCUT2D eigenvalue weighted by atomic mass is 19.4. The van der Waals surface area contributed by atoms with Crippen molar-refractivity contribution in [1.29, 1.82) is 5.26 Å². The number of alkyl halides is 3. The molecule has 0 unspecified atom stereocenters. The first kappa shape index (κ1) is 22.9. The van der Waals surface area contributed by atoms with Gasteiger partial charge in [-0.15, -0.1) is 0 Å². The number of aryl methyl sites for hydroxylation is 1. The number of pyridine rings is 1. The van der Waals surface area contributed by atoms with Crippen molar-refractivity contribution in [3.63, 3.8) is 0 Å². The van der Waals surface area contributed by atoms with E-state index in [1.165, 1.54) is 29.2 Å². The van der Waals surface area contributed by atoms with Gasteiger partial charge in [0.05, 0.1) is 17.7 Å². The second kappa shape index (κ2) is 8.59. The summed E-state index contributed by atoms with van der Waals surface area (Å²) in [7, 11) is 0. The zero-order valence-electron chi connectivity index (χ0n) is 17.7. The van der Waals surface area contributed by atoms with Crippen molar-refractivity contribution < 1.29 is 27.2 Å². The van der Waals surface area contributed by atoms with E-state index in [9.17, 15) is 32.4 Å². The molecule has 0 saturated carbocycles. The van der Waals surface area contributed by atoms with Crippen LogP contribution in [0.4, 0.5) is 28.9 Å². The van der Waals surface area contributed by atoms with Crippen LogP contribution in [0.5, 0.6) is 0 Å². The third-order valence-corrected chi connectivity index (χ3v) is 5.31. The zero-order valence-corrected chi connectivity index (χ0v) is 17.7. The quantitative estimate of drug-likeness (QED) is 0.569. The molecule has 2 heterocycles. The minimum atomic E-state index is -4.51. The van der Waals surface area contributed by atoms with Crippen LogP contribution in [-0.2, 0) is 22.2 Å². The molecule has 2 amide bonds. The molecule has 2 aromatic carbocycles. The van der Waals surface area contributed by atoms with Crippen LogP contribution in [0.2, 0.25) is 0 Å². The summed E-state index contributed by atoms with van der Waals surface area (Å²) >= 11 is 0. The molecule has 1 aliphatic heterocycles. The predicted molar refractivity (Wildman–Crippen MR) is 115 cm³/mol. The second-order valence-electron chi connectivity index (χ2n) is 7.70. The number of aromatic nitrogens is 1. The summed E-state index contributed by atoms with van der Waals surface area (Å²) in [5.74, 6) is -1.69. The summed E-state index contributed by atoms with van der Waals surface area (Å²) in [6, 6.07) is 11.2. The van der Waals surface area contributed by atoms with E-state index in [2.05, 4.69) is 10.3 Å². The van der Waals surface area contributed by atoms with Crippen LogP contribution >= 0.6 is 0 Å². The number of benzene rings is 2. The minimum Gasteiger partial charge on any atom is -0.325 e. The molecular formula is C24H16F4N4O2. The van der Waals surface area contributed by atoms with Gasteiger partial charge in [0.25, 0.3) is 0 Å². The van der Waals surface area contributed by atoms with Gasteiger partial charge >= 0.3 is 6.18 Å². The number of nitrogens with zero attached hydrogens (tertiary/aromatic N) is 3. The lowest BCUT2D eigenvalue weighted by Gasteiger charge is -2.23. The number of fused-ring (bicyclic) bond motifs is 3. The molecule has 1 N–H and O–H groups in total. The average molecular weight is 468 g/mol. The monoisotopic (exact) mass is 468 g/mol. The van der Waals surface area contributed by atoms with Gasteiger partial charge in [0, 0.05) is 16.9 Å². The predicted octanol–water partition coefficient (Wildman–Crippen LogP) is 4.61. The molecule has 0 atom stereocenters. The van der Waals surface area contributed by atoms with Gasteiger partial charge in [-0.25, -0.2) is 9.37 Å². The van der Waals surface area contributed by atoms with Crippen molar-refractivity contribution in [2.24, 2.45) is 0 Å². The van der Waals surface area contributed by atoms with E-state index in [0.29, 0.717) is 16.8 Å². The van der Waals surface area contributed by atoms with Crippen molar-refractivity contribution in [1.82, 2.24) is 4.98 Å². The molecule has 0 aliphatic carbocycles. The number of amides is 2. The molecular weight excluding hydrogens is 452 g/mol. The topological polar surface area (TPSA) is 86.1 Å². The maximum Gasteiger partial charge on any atom is 0.416 e. The summed E-state index contributed by atoms with van der Waals surface area (Å²) < 4.78 is 52.3. The number of nitrogens with one attached hydrogen (secondary N) is 1. The summed E-state index contributed by atoms with van der Waals surface area (Å²) in [6.45, 7) is 1.14. The highest BCUT2D eigenvalue weighted by molar-refractivity contribution is 6.08. The van der Waals surface area contributed by atoms with E-state index in [4.69, 9.17) is 0 Å². The Morgan fingerprint density at radius 2 is 1.88 bits per heavy atom. The molecule has 0 fully saturated rings. The van der Waals surface area contributed by atoms with E-state index in [0.717, 1.165) is 24.3 Å². The van der Waals surface area contributed by atoms with Gasteiger partial charge in [0.15, 0.2) is 5.69 Å². The van der Waals surface area contributed by atoms with E-state index in [1.54, 1.807) is 6.92 Å². The van der Waals surface area contributed by atoms with Gasteiger partial charge in [0.1, 0.15) is 18.4 Å². The smallest absolute Gasteiger partial charge is 0.325 e. The number of hydrogen-bond donors (Lipinski definition) is 1. The van der Waals surface area contributed by atoms with Crippen LogP contribution in [0.15, 0.2) is 48.5 Å². The first-order chi connectivity index (χ1) is 16.1. The van der Waals surface area contributed by atoms with Crippen LogP contribution in [0, 0.1) is 24.1 Å². The van der Waals surface area contributed by atoms with Crippen LogP contribution in [0.3, 0.4) is 0 Å². The van der Waals surface area contributed by atoms with Gasteiger partial charge in [0.2, 0.25) is 11.8 Å². The molecule has 4 rings (SSSR count). The van der Waals surface area contributed by atoms with Gasteiger partial charge in [-0.1, -0.05) is 6.07 Å². The average Bonchev–Trinajstić information content (AvgIpc) is 2.87. The first-order valence-electron chi connectivity index (χ1n) is 10.0. The van der Waals surface area contributed by atoms with E-state index in [1.807, 2.05) is 6.07 Å². The fourth-order valence-corrected chi connectivity index (χ4v) is 3.80. The molecule has 0 saturated heterocycles. The fraction of sp³-hybridized carbons (Fsp3) is 0.167. The molecule has 34 heavy (non-hydrogen) atoms. The zero-order chi connectivity index (χ0) is 24.6.